The number of rotatable bonds is 2. The molecule has 16 heavy (non-hydrogen) atoms. The summed E-state index contributed by atoms with van der Waals surface area (Å²) in [5.41, 5.74) is 8.38. The average molecular weight is 230 g/mol. The van der Waals surface area contributed by atoms with E-state index in [-0.39, 0.29) is 0 Å². The number of fused-ring (bicyclic) bond motifs is 1. The lowest BCUT2D eigenvalue weighted by Gasteiger charge is -1.87. The molecule has 3 N–H and O–H groups in total. The van der Waals surface area contributed by atoms with Crippen molar-refractivity contribution in [3.8, 4) is 11.5 Å². The van der Waals surface area contributed by atoms with Gasteiger partial charge in [-0.1, -0.05) is 12.1 Å². The van der Waals surface area contributed by atoms with Crippen LogP contribution in [-0.2, 0) is 6.54 Å². The molecule has 0 aliphatic rings. The van der Waals surface area contributed by atoms with E-state index in [1.807, 2.05) is 29.6 Å². The molecule has 0 saturated heterocycles. The number of nitrogens with two attached hydrogens (primary N) is 1. The number of aromatic amines is 1. The summed E-state index contributed by atoms with van der Waals surface area (Å²) in [4.78, 5) is 12.1. The van der Waals surface area contributed by atoms with Gasteiger partial charge in [-0.25, -0.2) is 9.97 Å². The number of benzene rings is 1. The zero-order chi connectivity index (χ0) is 11.0. The van der Waals surface area contributed by atoms with Crippen LogP contribution in [0, 0.1) is 0 Å². The van der Waals surface area contributed by atoms with Crippen LogP contribution in [0.2, 0.25) is 0 Å². The summed E-state index contributed by atoms with van der Waals surface area (Å²) < 4.78 is 0. The summed E-state index contributed by atoms with van der Waals surface area (Å²) in [6.07, 6.45) is 0. The van der Waals surface area contributed by atoms with Crippen LogP contribution >= 0.6 is 11.3 Å². The van der Waals surface area contributed by atoms with Crippen molar-refractivity contribution in [2.24, 2.45) is 5.73 Å². The van der Waals surface area contributed by atoms with E-state index in [2.05, 4.69) is 15.0 Å². The Balaban J connectivity index is 2.11. The molecule has 0 aliphatic carbocycles. The number of nitrogens with zero attached hydrogens (tertiary/aromatic N) is 2. The van der Waals surface area contributed by atoms with E-state index in [0.29, 0.717) is 6.54 Å². The highest BCUT2D eigenvalue weighted by atomic mass is 32.1. The van der Waals surface area contributed by atoms with Gasteiger partial charge in [0.2, 0.25) is 0 Å². The molecule has 1 aromatic carbocycles. The maximum absolute atomic E-state index is 5.53. The van der Waals surface area contributed by atoms with Crippen LogP contribution in [0.15, 0.2) is 29.6 Å². The average Bonchev–Trinajstić information content (AvgIpc) is 2.95. The Labute approximate surface area is 96.2 Å². The number of hydrogen-bond acceptors (Lipinski definition) is 4. The second-order valence-electron chi connectivity index (χ2n) is 3.43. The molecule has 3 aromatic rings. The quantitative estimate of drug-likeness (QED) is 0.708. The monoisotopic (exact) mass is 230 g/mol. The Morgan fingerprint density at radius 2 is 2.12 bits per heavy atom. The van der Waals surface area contributed by atoms with Gasteiger partial charge in [0.25, 0.3) is 0 Å². The fourth-order valence-corrected chi connectivity index (χ4v) is 2.25. The smallest absolute Gasteiger partial charge is 0.158 e. The highest BCUT2D eigenvalue weighted by Crippen LogP contribution is 2.21. The van der Waals surface area contributed by atoms with Crippen molar-refractivity contribution < 1.29 is 0 Å². The maximum atomic E-state index is 5.53. The third-order valence-electron chi connectivity index (χ3n) is 2.36. The number of para-hydroxylation sites is 2. The number of thiazole rings is 1. The largest absolute Gasteiger partial charge is 0.337 e. The number of hydrogen-bond donors (Lipinski definition) is 2. The van der Waals surface area contributed by atoms with E-state index >= 15 is 0 Å². The minimum Gasteiger partial charge on any atom is -0.337 e. The molecule has 2 aromatic heterocycles. The summed E-state index contributed by atoms with van der Waals surface area (Å²) >= 11 is 1.56. The molecule has 0 atom stereocenters. The molecule has 4 nitrogen and oxygen atoms in total. The lowest BCUT2D eigenvalue weighted by molar-refractivity contribution is 1.04. The van der Waals surface area contributed by atoms with Gasteiger partial charge in [0.1, 0.15) is 10.7 Å². The van der Waals surface area contributed by atoms with Gasteiger partial charge >= 0.3 is 0 Å². The van der Waals surface area contributed by atoms with Gasteiger partial charge < -0.3 is 10.7 Å². The zero-order valence-corrected chi connectivity index (χ0v) is 9.29. The zero-order valence-electron chi connectivity index (χ0n) is 8.47. The van der Waals surface area contributed by atoms with Crippen LogP contribution in [0.25, 0.3) is 22.6 Å². The van der Waals surface area contributed by atoms with Crippen molar-refractivity contribution in [2.75, 3.05) is 0 Å². The number of nitrogens with one attached hydrogen (secondary N) is 1. The highest BCUT2D eigenvalue weighted by molar-refractivity contribution is 7.09. The Morgan fingerprint density at radius 3 is 2.88 bits per heavy atom. The summed E-state index contributed by atoms with van der Waals surface area (Å²) in [7, 11) is 0. The minimum absolute atomic E-state index is 0.477. The Morgan fingerprint density at radius 1 is 1.25 bits per heavy atom. The van der Waals surface area contributed by atoms with Gasteiger partial charge in [-0.3, -0.25) is 0 Å². The Kier molecular flexibility index (Phi) is 2.19. The molecule has 0 radical (unpaired) electrons. The van der Waals surface area contributed by atoms with Crippen LogP contribution in [0.4, 0.5) is 0 Å². The molecule has 0 bridgehead atoms. The molecule has 5 heteroatoms. The summed E-state index contributed by atoms with van der Waals surface area (Å²) in [6, 6.07) is 7.93. The third-order valence-corrected chi connectivity index (χ3v) is 3.23. The fraction of sp³-hybridized carbons (Fsp3) is 0.0909. The number of H-pyrrole nitrogens is 1. The molecule has 0 saturated carbocycles. The van der Waals surface area contributed by atoms with Gasteiger partial charge in [0, 0.05) is 11.9 Å². The molecule has 0 aliphatic heterocycles. The predicted molar refractivity (Wildman–Crippen MR) is 65.1 cm³/mol. The first-order valence-corrected chi connectivity index (χ1v) is 5.84. The van der Waals surface area contributed by atoms with E-state index < -0.39 is 0 Å². The highest BCUT2D eigenvalue weighted by Gasteiger charge is 2.08. The topological polar surface area (TPSA) is 67.6 Å². The standard InChI is InChI=1S/C11H10N4S/c12-5-10-13-9(6-16-10)11-14-7-3-1-2-4-8(7)15-11/h1-4,6H,5,12H2,(H,14,15). The SMILES string of the molecule is NCc1nc(-c2nc3ccccc3[nH]2)cs1. The predicted octanol–water partition coefficient (Wildman–Crippen LogP) is 2.15. The molecule has 0 amide bonds. The molecule has 0 unspecified atom stereocenters. The van der Waals surface area contributed by atoms with E-state index in [4.69, 9.17) is 5.73 Å². The third kappa shape index (κ3) is 1.50. The maximum Gasteiger partial charge on any atom is 0.158 e. The van der Waals surface area contributed by atoms with Crippen LogP contribution in [0.3, 0.4) is 0 Å². The van der Waals surface area contributed by atoms with Gasteiger partial charge in [-0.15, -0.1) is 11.3 Å². The van der Waals surface area contributed by atoms with Crippen molar-refractivity contribution in [2.45, 2.75) is 6.54 Å². The normalized spacial score (nSPS) is 11.1. The number of imidazole rings is 1. The molecular formula is C11H10N4S. The van der Waals surface area contributed by atoms with Gasteiger partial charge in [0.15, 0.2) is 5.82 Å². The van der Waals surface area contributed by atoms with E-state index in [1.165, 1.54) is 0 Å². The van der Waals surface area contributed by atoms with Gasteiger partial charge in [0.05, 0.1) is 11.0 Å². The van der Waals surface area contributed by atoms with Crippen LogP contribution in [0.5, 0.6) is 0 Å². The molecule has 0 spiro atoms. The van der Waals surface area contributed by atoms with Crippen LogP contribution in [-0.4, -0.2) is 15.0 Å². The van der Waals surface area contributed by atoms with Crippen molar-refractivity contribution in [3.63, 3.8) is 0 Å². The summed E-state index contributed by atoms with van der Waals surface area (Å²) in [6.45, 7) is 0.477. The molecular weight excluding hydrogens is 220 g/mol. The fourth-order valence-electron chi connectivity index (χ4n) is 1.59. The number of aromatic nitrogens is 3. The van der Waals surface area contributed by atoms with Crippen molar-refractivity contribution >= 4 is 22.4 Å². The molecule has 2 heterocycles. The van der Waals surface area contributed by atoms with E-state index in [0.717, 1.165) is 27.6 Å². The molecule has 80 valence electrons. The first-order chi connectivity index (χ1) is 7.86. The van der Waals surface area contributed by atoms with E-state index in [1.54, 1.807) is 11.3 Å². The second-order valence-corrected chi connectivity index (χ2v) is 4.38. The lowest BCUT2D eigenvalue weighted by atomic mass is 10.3. The van der Waals surface area contributed by atoms with Crippen molar-refractivity contribution in [1.82, 2.24) is 15.0 Å². The Bertz CT molecular complexity index is 592. The van der Waals surface area contributed by atoms with Crippen molar-refractivity contribution in [1.29, 1.82) is 0 Å². The van der Waals surface area contributed by atoms with Crippen molar-refractivity contribution in [3.05, 3.63) is 34.7 Å². The first kappa shape index (κ1) is 9.50. The van der Waals surface area contributed by atoms with Crippen LogP contribution < -0.4 is 5.73 Å². The summed E-state index contributed by atoms with van der Waals surface area (Å²) in [5, 5.41) is 2.90. The Hall–Kier alpha value is -1.72. The van der Waals surface area contributed by atoms with Crippen LogP contribution in [0.1, 0.15) is 5.01 Å². The minimum atomic E-state index is 0.477. The first-order valence-electron chi connectivity index (χ1n) is 4.96. The summed E-state index contributed by atoms with van der Waals surface area (Å²) in [5.74, 6) is 0.803. The van der Waals surface area contributed by atoms with E-state index in [9.17, 15) is 0 Å². The lowest BCUT2D eigenvalue weighted by Crippen LogP contribution is -1.94. The van der Waals surface area contributed by atoms with Gasteiger partial charge in [-0.2, -0.15) is 0 Å². The second kappa shape index (κ2) is 3.70. The molecule has 0 fully saturated rings. The van der Waals surface area contributed by atoms with Gasteiger partial charge in [-0.05, 0) is 12.1 Å². The molecule has 3 rings (SSSR count).